The van der Waals surface area contributed by atoms with Crippen molar-refractivity contribution in [3.05, 3.63) is 95.8 Å². The van der Waals surface area contributed by atoms with E-state index in [4.69, 9.17) is 5.73 Å². The van der Waals surface area contributed by atoms with Gasteiger partial charge in [0.1, 0.15) is 5.82 Å². The normalized spacial score (nSPS) is 14.9. The van der Waals surface area contributed by atoms with E-state index in [9.17, 15) is 14.0 Å². The Labute approximate surface area is 168 Å². The van der Waals surface area contributed by atoms with Crippen molar-refractivity contribution in [3.63, 3.8) is 0 Å². The maximum Gasteiger partial charge on any atom is 0.254 e. The summed E-state index contributed by atoms with van der Waals surface area (Å²) in [6.07, 6.45) is 0.488. The molecular weight excluding hydrogens is 367 g/mol. The zero-order chi connectivity index (χ0) is 20.4. The standard InChI is InChI=1S/C24H21FN2O2/c25-21-13-7-6-11-19(21)18-10-4-5-12-20(18)22(28)27-15-24(16-27,23(26)29)14-17-8-2-1-3-9-17/h1-13H,14-16H2,(H2,26,29). The predicted octanol–water partition coefficient (Wildman–Crippen LogP) is 3.66. The molecule has 1 saturated heterocycles. The van der Waals surface area contributed by atoms with E-state index >= 15 is 0 Å². The van der Waals surface area contributed by atoms with E-state index in [1.165, 1.54) is 6.07 Å². The molecule has 0 spiro atoms. The molecule has 1 aliphatic heterocycles. The summed E-state index contributed by atoms with van der Waals surface area (Å²) < 4.78 is 14.3. The smallest absolute Gasteiger partial charge is 0.254 e. The van der Waals surface area contributed by atoms with Crippen LogP contribution in [0, 0.1) is 11.2 Å². The number of benzene rings is 3. The van der Waals surface area contributed by atoms with Crippen LogP contribution in [0.15, 0.2) is 78.9 Å². The van der Waals surface area contributed by atoms with Crippen LogP contribution in [0.5, 0.6) is 0 Å². The summed E-state index contributed by atoms with van der Waals surface area (Å²) in [5.74, 6) is -1.02. The molecule has 0 aromatic heterocycles. The Bertz CT molecular complexity index is 1060. The molecule has 0 aliphatic carbocycles. The number of likely N-dealkylation sites (tertiary alicyclic amines) is 1. The molecule has 0 bridgehead atoms. The van der Waals surface area contributed by atoms with Gasteiger partial charge < -0.3 is 10.6 Å². The molecule has 5 heteroatoms. The summed E-state index contributed by atoms with van der Waals surface area (Å²) in [6, 6.07) is 23.0. The van der Waals surface area contributed by atoms with Crippen molar-refractivity contribution in [3.8, 4) is 11.1 Å². The van der Waals surface area contributed by atoms with Crippen LogP contribution in [0.25, 0.3) is 11.1 Å². The van der Waals surface area contributed by atoms with Crippen molar-refractivity contribution >= 4 is 11.8 Å². The third kappa shape index (κ3) is 3.51. The number of hydrogen-bond acceptors (Lipinski definition) is 2. The van der Waals surface area contributed by atoms with Crippen LogP contribution in [-0.4, -0.2) is 29.8 Å². The number of rotatable bonds is 5. The Hall–Kier alpha value is -3.47. The zero-order valence-corrected chi connectivity index (χ0v) is 15.8. The minimum Gasteiger partial charge on any atom is -0.369 e. The summed E-state index contributed by atoms with van der Waals surface area (Å²) in [6.45, 7) is 0.503. The Morgan fingerprint density at radius 1 is 0.862 bits per heavy atom. The van der Waals surface area contributed by atoms with Gasteiger partial charge in [0.2, 0.25) is 5.91 Å². The van der Waals surface area contributed by atoms with Gasteiger partial charge in [0, 0.05) is 24.2 Å². The molecule has 1 fully saturated rings. The van der Waals surface area contributed by atoms with Gasteiger partial charge >= 0.3 is 0 Å². The van der Waals surface area contributed by atoms with Gasteiger partial charge in [-0.3, -0.25) is 9.59 Å². The van der Waals surface area contributed by atoms with Crippen molar-refractivity contribution in [2.24, 2.45) is 11.1 Å². The van der Waals surface area contributed by atoms with Crippen molar-refractivity contribution < 1.29 is 14.0 Å². The van der Waals surface area contributed by atoms with Crippen LogP contribution in [-0.2, 0) is 11.2 Å². The molecule has 0 atom stereocenters. The van der Waals surface area contributed by atoms with Gasteiger partial charge in [-0.05, 0) is 29.7 Å². The fourth-order valence-electron chi connectivity index (χ4n) is 3.92. The number of amides is 2. The monoisotopic (exact) mass is 388 g/mol. The molecule has 1 aliphatic rings. The maximum atomic E-state index is 14.3. The van der Waals surface area contributed by atoms with Gasteiger partial charge in [0.25, 0.3) is 5.91 Å². The molecule has 146 valence electrons. The number of carbonyl (C=O) groups is 2. The molecule has 0 unspecified atom stereocenters. The van der Waals surface area contributed by atoms with Gasteiger partial charge in [0.05, 0.1) is 5.41 Å². The molecule has 0 radical (unpaired) electrons. The molecule has 4 nitrogen and oxygen atoms in total. The third-order valence-electron chi connectivity index (χ3n) is 5.50. The molecule has 3 aromatic rings. The summed E-state index contributed by atoms with van der Waals surface area (Å²) in [4.78, 5) is 26.9. The Morgan fingerprint density at radius 2 is 1.45 bits per heavy atom. The van der Waals surface area contributed by atoms with Crippen LogP contribution >= 0.6 is 0 Å². The summed E-state index contributed by atoms with van der Waals surface area (Å²) in [7, 11) is 0. The lowest BCUT2D eigenvalue weighted by Crippen LogP contribution is -2.64. The molecule has 2 N–H and O–H groups in total. The highest BCUT2D eigenvalue weighted by atomic mass is 19.1. The van der Waals surface area contributed by atoms with E-state index in [0.717, 1.165) is 5.56 Å². The first-order chi connectivity index (χ1) is 14.0. The molecule has 2 amide bonds. The zero-order valence-electron chi connectivity index (χ0n) is 15.8. The van der Waals surface area contributed by atoms with Gasteiger partial charge in [-0.15, -0.1) is 0 Å². The second-order valence-corrected chi connectivity index (χ2v) is 7.49. The average molecular weight is 388 g/mol. The van der Waals surface area contributed by atoms with E-state index < -0.39 is 11.3 Å². The number of nitrogens with two attached hydrogens (primary N) is 1. The quantitative estimate of drug-likeness (QED) is 0.725. The molecular formula is C24H21FN2O2. The highest BCUT2D eigenvalue weighted by Gasteiger charge is 2.50. The van der Waals surface area contributed by atoms with Crippen molar-refractivity contribution in [2.75, 3.05) is 13.1 Å². The highest BCUT2D eigenvalue weighted by molar-refractivity contribution is 6.02. The second kappa shape index (κ2) is 7.51. The fourth-order valence-corrected chi connectivity index (χ4v) is 3.92. The molecule has 0 saturated carbocycles. The van der Waals surface area contributed by atoms with E-state index in [2.05, 4.69) is 0 Å². The minimum atomic E-state index is -0.774. The SMILES string of the molecule is NC(=O)C1(Cc2ccccc2)CN(C(=O)c2ccccc2-c2ccccc2F)C1. The number of primary amides is 1. The van der Waals surface area contributed by atoms with Gasteiger partial charge in [-0.1, -0.05) is 66.7 Å². The lowest BCUT2D eigenvalue weighted by Gasteiger charge is -2.48. The molecule has 4 rings (SSSR count). The number of halogens is 1. The van der Waals surface area contributed by atoms with Crippen LogP contribution < -0.4 is 5.73 Å². The third-order valence-corrected chi connectivity index (χ3v) is 5.50. The summed E-state index contributed by atoms with van der Waals surface area (Å²) >= 11 is 0. The highest BCUT2D eigenvalue weighted by Crippen LogP contribution is 2.36. The van der Waals surface area contributed by atoms with E-state index in [-0.39, 0.29) is 24.8 Å². The van der Waals surface area contributed by atoms with Crippen molar-refractivity contribution in [1.29, 1.82) is 0 Å². The van der Waals surface area contributed by atoms with Crippen LogP contribution in [0.4, 0.5) is 4.39 Å². The van der Waals surface area contributed by atoms with Crippen LogP contribution in [0.2, 0.25) is 0 Å². The van der Waals surface area contributed by atoms with Gasteiger partial charge in [-0.2, -0.15) is 0 Å². The Kier molecular flexibility index (Phi) is 4.89. The van der Waals surface area contributed by atoms with E-state index in [1.54, 1.807) is 47.4 Å². The first-order valence-electron chi connectivity index (χ1n) is 9.47. The number of nitrogens with zero attached hydrogens (tertiary/aromatic N) is 1. The Morgan fingerprint density at radius 3 is 2.10 bits per heavy atom. The number of hydrogen-bond donors (Lipinski definition) is 1. The predicted molar refractivity (Wildman–Crippen MR) is 110 cm³/mol. The van der Waals surface area contributed by atoms with Crippen LogP contribution in [0.3, 0.4) is 0 Å². The lowest BCUT2D eigenvalue weighted by molar-refractivity contribution is -0.135. The van der Waals surface area contributed by atoms with Crippen molar-refractivity contribution in [2.45, 2.75) is 6.42 Å². The van der Waals surface area contributed by atoms with E-state index in [1.807, 2.05) is 30.3 Å². The summed E-state index contributed by atoms with van der Waals surface area (Å²) in [5, 5.41) is 0. The average Bonchev–Trinajstić information content (AvgIpc) is 2.71. The topological polar surface area (TPSA) is 63.4 Å². The first kappa shape index (κ1) is 18.9. The van der Waals surface area contributed by atoms with Gasteiger partial charge in [-0.25, -0.2) is 4.39 Å². The van der Waals surface area contributed by atoms with Crippen molar-refractivity contribution in [1.82, 2.24) is 4.90 Å². The number of carbonyl (C=O) groups excluding carboxylic acids is 2. The molecule has 29 heavy (non-hydrogen) atoms. The van der Waals surface area contributed by atoms with Gasteiger partial charge in [0.15, 0.2) is 0 Å². The minimum absolute atomic E-state index is 0.228. The van der Waals surface area contributed by atoms with E-state index in [0.29, 0.717) is 23.1 Å². The second-order valence-electron chi connectivity index (χ2n) is 7.49. The largest absolute Gasteiger partial charge is 0.369 e. The first-order valence-corrected chi connectivity index (χ1v) is 9.47. The fraction of sp³-hybridized carbons (Fsp3) is 0.167. The Balaban J connectivity index is 1.58. The molecule has 3 aromatic carbocycles. The maximum absolute atomic E-state index is 14.3. The lowest BCUT2D eigenvalue weighted by atomic mass is 9.73. The molecule has 1 heterocycles. The van der Waals surface area contributed by atoms with Crippen LogP contribution in [0.1, 0.15) is 15.9 Å². The summed E-state index contributed by atoms with van der Waals surface area (Å²) in [5.41, 5.74) is 7.25.